The molecule has 0 atom stereocenters. The normalized spacial score (nSPS) is 16.0. The Morgan fingerprint density at radius 1 is 1.21 bits per heavy atom. The van der Waals surface area contributed by atoms with E-state index < -0.39 is 5.60 Å². The van der Waals surface area contributed by atoms with E-state index in [2.05, 4.69) is 26.2 Å². The van der Waals surface area contributed by atoms with Gasteiger partial charge in [-0.25, -0.2) is 9.18 Å². The molecule has 2 aromatic rings. The largest absolute Gasteiger partial charge is 0.444 e. The predicted molar refractivity (Wildman–Crippen MR) is 117 cm³/mol. The lowest BCUT2D eigenvalue weighted by Gasteiger charge is -2.35. The molecule has 0 bridgehead atoms. The van der Waals surface area contributed by atoms with Gasteiger partial charge in [0.05, 0.1) is 4.70 Å². The number of amides is 1. The molecule has 1 aliphatic rings. The summed E-state index contributed by atoms with van der Waals surface area (Å²) < 4.78 is 21.6. The van der Waals surface area contributed by atoms with E-state index in [1.54, 1.807) is 22.3 Å². The van der Waals surface area contributed by atoms with Gasteiger partial charge in [-0.3, -0.25) is 4.90 Å². The first kappa shape index (κ1) is 21.5. The second-order valence-electron chi connectivity index (χ2n) is 8.26. The monoisotopic (exact) mass is 470 g/mol. The maximum atomic E-state index is 14.2. The number of unbranched alkanes of at least 4 members (excludes halogenated alkanes) is 1. The zero-order chi connectivity index (χ0) is 20.3. The van der Waals surface area contributed by atoms with Crippen LogP contribution in [0.4, 0.5) is 9.18 Å². The topological polar surface area (TPSA) is 32.8 Å². The predicted octanol–water partition coefficient (Wildman–Crippen LogP) is 5.68. The molecule has 1 aromatic heterocycles. The number of carbonyl (C=O) groups excluding carboxylic acids is 1. The second-order valence-corrected chi connectivity index (χ2v) is 9.99. The van der Waals surface area contributed by atoms with Crippen molar-refractivity contribution in [3.05, 3.63) is 33.4 Å². The van der Waals surface area contributed by atoms with Crippen LogP contribution in [-0.4, -0.2) is 54.2 Å². The highest BCUT2D eigenvalue weighted by Gasteiger charge is 2.25. The number of aryl methyl sites for hydroxylation is 1. The molecule has 28 heavy (non-hydrogen) atoms. The summed E-state index contributed by atoms with van der Waals surface area (Å²) in [7, 11) is 0. The van der Waals surface area contributed by atoms with E-state index in [1.165, 1.54) is 6.07 Å². The third-order valence-electron chi connectivity index (χ3n) is 4.89. The van der Waals surface area contributed by atoms with E-state index >= 15 is 0 Å². The molecule has 0 spiro atoms. The molecule has 0 N–H and O–H groups in total. The van der Waals surface area contributed by atoms with Gasteiger partial charge in [-0.2, -0.15) is 0 Å². The maximum Gasteiger partial charge on any atom is 0.410 e. The molecule has 4 nitrogen and oxygen atoms in total. The molecule has 0 unspecified atom stereocenters. The van der Waals surface area contributed by atoms with Crippen LogP contribution in [0.25, 0.3) is 10.1 Å². The first-order valence-electron chi connectivity index (χ1n) is 9.79. The summed E-state index contributed by atoms with van der Waals surface area (Å²) in [6, 6.07) is 3.31. The molecule has 1 aromatic carbocycles. The van der Waals surface area contributed by atoms with E-state index in [0.29, 0.717) is 13.1 Å². The second kappa shape index (κ2) is 9.09. The Kier molecular flexibility index (Phi) is 6.99. The fourth-order valence-corrected chi connectivity index (χ4v) is 5.09. The summed E-state index contributed by atoms with van der Waals surface area (Å²) in [6.07, 6.45) is 2.78. The zero-order valence-corrected chi connectivity index (χ0v) is 19.2. The number of fused-ring (bicyclic) bond motifs is 1. The van der Waals surface area contributed by atoms with Crippen LogP contribution in [0.1, 0.15) is 39.2 Å². The third-order valence-corrected chi connectivity index (χ3v) is 6.88. The molecule has 3 rings (SSSR count). The number of hydrogen-bond acceptors (Lipinski definition) is 4. The van der Waals surface area contributed by atoms with Gasteiger partial charge in [-0.1, -0.05) is 0 Å². The summed E-state index contributed by atoms with van der Waals surface area (Å²) in [5.74, 6) is -0.132. The molecule has 2 heterocycles. The molecule has 0 radical (unpaired) electrons. The number of benzene rings is 1. The Hall–Kier alpha value is -1.18. The van der Waals surface area contributed by atoms with Gasteiger partial charge in [-0.15, -0.1) is 11.3 Å². The van der Waals surface area contributed by atoms with Gasteiger partial charge in [0, 0.05) is 36.0 Å². The number of carbonyl (C=O) groups is 1. The van der Waals surface area contributed by atoms with Crippen molar-refractivity contribution in [2.24, 2.45) is 0 Å². The first-order chi connectivity index (χ1) is 13.2. The summed E-state index contributed by atoms with van der Waals surface area (Å²) in [5.41, 5.74) is 0.656. The van der Waals surface area contributed by atoms with Crippen molar-refractivity contribution in [2.45, 2.75) is 45.6 Å². The standard InChI is InChI=1S/C21H28BrFN2O2S/c1-21(2,3)27-20(26)25-12-10-24(11-13-25)9-5-4-6-15-14-28-19-16(22)7-8-17(23)18(15)19/h7-8,14H,4-6,9-13H2,1-3H3. The van der Waals surface area contributed by atoms with Crippen molar-refractivity contribution < 1.29 is 13.9 Å². The van der Waals surface area contributed by atoms with Crippen molar-refractivity contribution >= 4 is 43.4 Å². The number of hydrogen-bond donors (Lipinski definition) is 0. The molecule has 1 saturated heterocycles. The lowest BCUT2D eigenvalue weighted by atomic mass is 10.1. The van der Waals surface area contributed by atoms with Crippen molar-refractivity contribution in [1.82, 2.24) is 9.80 Å². The van der Waals surface area contributed by atoms with E-state index in [9.17, 15) is 9.18 Å². The Morgan fingerprint density at radius 2 is 1.93 bits per heavy atom. The number of rotatable bonds is 5. The van der Waals surface area contributed by atoms with Crippen molar-refractivity contribution in [2.75, 3.05) is 32.7 Å². The van der Waals surface area contributed by atoms with E-state index in [0.717, 1.165) is 59.0 Å². The van der Waals surface area contributed by atoms with Crippen LogP contribution in [0.5, 0.6) is 0 Å². The number of nitrogens with zero attached hydrogens (tertiary/aromatic N) is 2. The molecular formula is C21H28BrFN2O2S. The molecule has 7 heteroatoms. The number of thiophene rings is 1. The summed E-state index contributed by atoms with van der Waals surface area (Å²) in [5, 5.41) is 2.85. The quantitative estimate of drug-likeness (QED) is 0.527. The highest BCUT2D eigenvalue weighted by atomic mass is 79.9. The van der Waals surface area contributed by atoms with E-state index in [4.69, 9.17) is 4.74 Å². The fraction of sp³-hybridized carbons (Fsp3) is 0.571. The first-order valence-corrected chi connectivity index (χ1v) is 11.5. The summed E-state index contributed by atoms with van der Waals surface area (Å²) >= 11 is 5.11. The highest BCUT2D eigenvalue weighted by Crippen LogP contribution is 2.35. The van der Waals surface area contributed by atoms with E-state index in [-0.39, 0.29) is 11.9 Å². The minimum atomic E-state index is -0.449. The average Bonchev–Trinajstić information content (AvgIpc) is 3.06. The van der Waals surface area contributed by atoms with Crippen LogP contribution < -0.4 is 0 Å². The minimum absolute atomic E-state index is 0.132. The van der Waals surface area contributed by atoms with Gasteiger partial charge >= 0.3 is 6.09 Å². The Morgan fingerprint density at radius 3 is 2.61 bits per heavy atom. The molecular weight excluding hydrogens is 443 g/mol. The molecule has 0 aliphatic carbocycles. The molecule has 1 amide bonds. The SMILES string of the molecule is CC(C)(C)OC(=O)N1CCN(CCCCc2csc3c(Br)ccc(F)c23)CC1. The minimum Gasteiger partial charge on any atom is -0.444 e. The maximum absolute atomic E-state index is 14.2. The fourth-order valence-electron chi connectivity index (χ4n) is 3.45. The van der Waals surface area contributed by atoms with Crippen LogP contribution >= 0.6 is 27.3 Å². The van der Waals surface area contributed by atoms with Crippen molar-refractivity contribution in [1.29, 1.82) is 0 Å². The average molecular weight is 471 g/mol. The van der Waals surface area contributed by atoms with Gasteiger partial charge in [0.25, 0.3) is 0 Å². The lowest BCUT2D eigenvalue weighted by molar-refractivity contribution is 0.0144. The van der Waals surface area contributed by atoms with Crippen LogP contribution in [0.15, 0.2) is 22.0 Å². The Bertz CT molecular complexity index is 826. The Labute approximate surface area is 178 Å². The molecule has 1 aliphatic heterocycles. The van der Waals surface area contributed by atoms with Gasteiger partial charge in [0.15, 0.2) is 0 Å². The van der Waals surface area contributed by atoms with Crippen LogP contribution in [-0.2, 0) is 11.2 Å². The van der Waals surface area contributed by atoms with Gasteiger partial charge < -0.3 is 9.64 Å². The summed E-state index contributed by atoms with van der Waals surface area (Å²) in [4.78, 5) is 16.3. The van der Waals surface area contributed by atoms with Crippen molar-refractivity contribution in [3.8, 4) is 0 Å². The Balaban J connectivity index is 1.41. The number of piperazine rings is 1. The van der Waals surface area contributed by atoms with Crippen LogP contribution in [0, 0.1) is 5.82 Å². The number of halogens is 2. The van der Waals surface area contributed by atoms with Gasteiger partial charge in [-0.05, 0) is 85.6 Å². The summed E-state index contributed by atoms with van der Waals surface area (Å²) in [6.45, 7) is 9.86. The zero-order valence-electron chi connectivity index (χ0n) is 16.8. The van der Waals surface area contributed by atoms with Gasteiger partial charge in [0.2, 0.25) is 0 Å². The third kappa shape index (κ3) is 5.45. The molecule has 154 valence electrons. The van der Waals surface area contributed by atoms with Gasteiger partial charge in [0.1, 0.15) is 11.4 Å². The van der Waals surface area contributed by atoms with E-state index in [1.807, 2.05) is 20.8 Å². The molecule has 0 saturated carbocycles. The van der Waals surface area contributed by atoms with Crippen LogP contribution in [0.3, 0.4) is 0 Å². The van der Waals surface area contributed by atoms with Crippen molar-refractivity contribution in [3.63, 3.8) is 0 Å². The van der Waals surface area contributed by atoms with Crippen LogP contribution in [0.2, 0.25) is 0 Å². The number of ether oxygens (including phenoxy) is 1. The smallest absolute Gasteiger partial charge is 0.410 e. The lowest BCUT2D eigenvalue weighted by Crippen LogP contribution is -2.50. The highest BCUT2D eigenvalue weighted by molar-refractivity contribution is 9.10. The molecule has 1 fully saturated rings.